The van der Waals surface area contributed by atoms with Gasteiger partial charge in [0.1, 0.15) is 5.01 Å². The molecule has 0 aliphatic heterocycles. The second-order valence-corrected chi connectivity index (χ2v) is 6.76. The van der Waals surface area contributed by atoms with Gasteiger partial charge >= 0.3 is 0 Å². The Morgan fingerprint density at radius 1 is 0.957 bits per heavy atom. The highest BCUT2D eigenvalue weighted by atomic mass is 35.5. The van der Waals surface area contributed by atoms with E-state index in [0.29, 0.717) is 25.2 Å². The molecule has 4 nitrogen and oxygen atoms in total. The highest BCUT2D eigenvalue weighted by Crippen LogP contribution is 2.28. The summed E-state index contributed by atoms with van der Waals surface area (Å²) >= 11 is 19.0. The van der Waals surface area contributed by atoms with E-state index in [1.165, 1.54) is 17.4 Å². The van der Waals surface area contributed by atoms with Gasteiger partial charge in [0, 0.05) is 15.6 Å². The maximum atomic E-state index is 12.2. The lowest BCUT2D eigenvalue weighted by atomic mass is 10.2. The van der Waals surface area contributed by atoms with E-state index in [1.807, 2.05) is 12.1 Å². The average Bonchev–Trinajstić information content (AvgIpc) is 2.99. The van der Waals surface area contributed by atoms with E-state index < -0.39 is 5.91 Å². The number of nitrogens with one attached hydrogen (secondary N) is 1. The number of hydrogen-bond donors (Lipinski definition) is 1. The summed E-state index contributed by atoms with van der Waals surface area (Å²) in [6.45, 7) is 0. The molecule has 23 heavy (non-hydrogen) atoms. The summed E-state index contributed by atoms with van der Waals surface area (Å²) in [7, 11) is 0. The van der Waals surface area contributed by atoms with Crippen LogP contribution in [0.4, 0.5) is 5.13 Å². The number of nitrogens with zero attached hydrogens (tertiary/aromatic N) is 2. The Labute approximate surface area is 151 Å². The molecule has 0 saturated carbocycles. The molecule has 2 aromatic carbocycles. The maximum Gasteiger partial charge on any atom is 0.259 e. The molecule has 0 unspecified atom stereocenters. The number of halogens is 3. The first-order valence-electron chi connectivity index (χ1n) is 6.39. The zero-order valence-electron chi connectivity index (χ0n) is 11.4. The average molecular weight is 385 g/mol. The molecular weight excluding hydrogens is 377 g/mol. The molecule has 1 aromatic heterocycles. The molecule has 0 atom stereocenters. The van der Waals surface area contributed by atoms with Crippen molar-refractivity contribution in [1.29, 1.82) is 0 Å². The molecule has 8 heteroatoms. The quantitative estimate of drug-likeness (QED) is 0.656. The fourth-order valence-corrected chi connectivity index (χ4v) is 3.06. The minimum absolute atomic E-state index is 0.280. The van der Waals surface area contributed by atoms with Crippen LogP contribution in [0.1, 0.15) is 10.4 Å². The van der Waals surface area contributed by atoms with Gasteiger partial charge in [0.2, 0.25) is 5.13 Å². The van der Waals surface area contributed by atoms with Crippen molar-refractivity contribution < 1.29 is 4.79 Å². The van der Waals surface area contributed by atoms with E-state index in [2.05, 4.69) is 15.5 Å². The summed E-state index contributed by atoms with van der Waals surface area (Å²) in [6, 6.07) is 11.9. The molecule has 1 N–H and O–H groups in total. The fourth-order valence-electron chi connectivity index (χ4n) is 1.82. The standard InChI is InChI=1S/C15H8Cl3N3OS/c16-9-3-1-8(2-4-9)14-20-21-15(23-14)19-13(22)11-7-10(17)5-6-12(11)18/h1-7H,(H,19,21,22). The number of aromatic nitrogens is 2. The molecule has 0 fully saturated rings. The Hall–Kier alpha value is -1.66. The van der Waals surface area contributed by atoms with Crippen LogP contribution in [0.15, 0.2) is 42.5 Å². The van der Waals surface area contributed by atoms with Crippen LogP contribution in [0.25, 0.3) is 10.6 Å². The van der Waals surface area contributed by atoms with Crippen LogP contribution in [0.2, 0.25) is 15.1 Å². The van der Waals surface area contributed by atoms with E-state index in [1.54, 1.807) is 24.3 Å². The number of rotatable bonds is 3. The first-order chi connectivity index (χ1) is 11.0. The molecule has 0 aliphatic rings. The molecule has 3 rings (SSSR count). The number of benzene rings is 2. The van der Waals surface area contributed by atoms with Gasteiger partial charge in [-0.1, -0.05) is 58.3 Å². The molecule has 0 saturated heterocycles. The minimum Gasteiger partial charge on any atom is -0.296 e. The second kappa shape index (κ2) is 6.84. The summed E-state index contributed by atoms with van der Waals surface area (Å²) in [4.78, 5) is 12.2. The van der Waals surface area contributed by atoms with Crippen LogP contribution in [-0.2, 0) is 0 Å². The highest BCUT2D eigenvalue weighted by molar-refractivity contribution is 7.18. The van der Waals surface area contributed by atoms with Crippen molar-refractivity contribution in [2.24, 2.45) is 0 Å². The Kier molecular flexibility index (Phi) is 4.82. The fraction of sp³-hybridized carbons (Fsp3) is 0. The summed E-state index contributed by atoms with van der Waals surface area (Å²) in [5.74, 6) is -0.392. The summed E-state index contributed by atoms with van der Waals surface area (Å²) in [6.07, 6.45) is 0. The number of carbonyl (C=O) groups is 1. The lowest BCUT2D eigenvalue weighted by Gasteiger charge is -2.03. The van der Waals surface area contributed by atoms with E-state index in [-0.39, 0.29) is 5.56 Å². The maximum absolute atomic E-state index is 12.2. The number of carbonyl (C=O) groups excluding carboxylic acids is 1. The van der Waals surface area contributed by atoms with E-state index in [4.69, 9.17) is 34.8 Å². The molecule has 3 aromatic rings. The van der Waals surface area contributed by atoms with Gasteiger partial charge in [-0.15, -0.1) is 10.2 Å². The second-order valence-electron chi connectivity index (χ2n) is 4.50. The van der Waals surface area contributed by atoms with Crippen LogP contribution in [-0.4, -0.2) is 16.1 Å². The first-order valence-corrected chi connectivity index (χ1v) is 8.34. The smallest absolute Gasteiger partial charge is 0.259 e. The van der Waals surface area contributed by atoms with E-state index >= 15 is 0 Å². The monoisotopic (exact) mass is 383 g/mol. The van der Waals surface area contributed by atoms with Gasteiger partial charge < -0.3 is 0 Å². The van der Waals surface area contributed by atoms with Crippen LogP contribution < -0.4 is 5.32 Å². The number of amides is 1. The summed E-state index contributed by atoms with van der Waals surface area (Å²) in [5, 5.41) is 13.1. The lowest BCUT2D eigenvalue weighted by Crippen LogP contribution is -2.12. The van der Waals surface area contributed by atoms with Crippen molar-refractivity contribution in [3.8, 4) is 10.6 Å². The summed E-state index contributed by atoms with van der Waals surface area (Å²) in [5.41, 5.74) is 1.15. The third-order valence-electron chi connectivity index (χ3n) is 2.91. The first kappa shape index (κ1) is 16.2. The van der Waals surface area contributed by atoms with Crippen molar-refractivity contribution in [3.63, 3.8) is 0 Å². The van der Waals surface area contributed by atoms with Gasteiger partial charge in [-0.05, 0) is 30.3 Å². The van der Waals surface area contributed by atoms with E-state index in [9.17, 15) is 4.79 Å². The lowest BCUT2D eigenvalue weighted by molar-refractivity contribution is 0.102. The molecular formula is C15H8Cl3N3OS. The minimum atomic E-state index is -0.392. The largest absolute Gasteiger partial charge is 0.296 e. The third-order valence-corrected chi connectivity index (χ3v) is 4.61. The molecule has 0 radical (unpaired) electrons. The van der Waals surface area contributed by atoms with E-state index in [0.717, 1.165) is 5.56 Å². The zero-order valence-corrected chi connectivity index (χ0v) is 14.5. The Morgan fingerprint density at radius 3 is 2.39 bits per heavy atom. The predicted molar refractivity (Wildman–Crippen MR) is 94.8 cm³/mol. The number of anilines is 1. The van der Waals surface area contributed by atoms with Gasteiger partial charge in [-0.3, -0.25) is 10.1 Å². The van der Waals surface area contributed by atoms with Gasteiger partial charge in [0.25, 0.3) is 5.91 Å². The normalized spacial score (nSPS) is 10.6. The molecule has 0 aliphatic carbocycles. The predicted octanol–water partition coefficient (Wildman–Crippen LogP) is 5.42. The molecule has 1 amide bonds. The van der Waals surface area contributed by atoms with Crippen molar-refractivity contribution in [3.05, 3.63) is 63.1 Å². The van der Waals surface area contributed by atoms with Crippen LogP contribution in [0, 0.1) is 0 Å². The van der Waals surface area contributed by atoms with Gasteiger partial charge in [-0.25, -0.2) is 0 Å². The van der Waals surface area contributed by atoms with Gasteiger partial charge in [0.15, 0.2) is 0 Å². The summed E-state index contributed by atoms with van der Waals surface area (Å²) < 4.78 is 0. The van der Waals surface area contributed by atoms with Crippen LogP contribution in [0.5, 0.6) is 0 Å². The van der Waals surface area contributed by atoms with Crippen molar-refractivity contribution in [1.82, 2.24) is 10.2 Å². The van der Waals surface area contributed by atoms with Crippen molar-refractivity contribution in [2.45, 2.75) is 0 Å². The van der Waals surface area contributed by atoms with Crippen molar-refractivity contribution >= 4 is 57.2 Å². The van der Waals surface area contributed by atoms with Crippen LogP contribution >= 0.6 is 46.1 Å². The molecule has 0 spiro atoms. The SMILES string of the molecule is O=C(Nc1nnc(-c2ccc(Cl)cc2)s1)c1cc(Cl)ccc1Cl. The Balaban J connectivity index is 1.80. The Morgan fingerprint density at radius 2 is 1.65 bits per heavy atom. The molecule has 1 heterocycles. The van der Waals surface area contributed by atoms with Crippen LogP contribution in [0.3, 0.4) is 0 Å². The number of hydrogen-bond acceptors (Lipinski definition) is 4. The van der Waals surface area contributed by atoms with Crippen molar-refractivity contribution in [2.75, 3.05) is 5.32 Å². The topological polar surface area (TPSA) is 54.9 Å². The highest BCUT2D eigenvalue weighted by Gasteiger charge is 2.14. The third kappa shape index (κ3) is 3.82. The van der Waals surface area contributed by atoms with Gasteiger partial charge in [-0.2, -0.15) is 0 Å². The Bertz CT molecular complexity index is 865. The molecule has 116 valence electrons. The molecule has 0 bridgehead atoms. The van der Waals surface area contributed by atoms with Gasteiger partial charge in [0.05, 0.1) is 10.6 Å². The zero-order chi connectivity index (χ0) is 16.4.